The number of nitrogens with zero attached hydrogens (tertiary/aromatic N) is 1. The molecule has 1 N–H and O–H groups in total. The normalized spacial score (nSPS) is 15.1. The maximum absolute atomic E-state index is 14.5. The third-order valence-corrected chi connectivity index (χ3v) is 6.02. The van der Waals surface area contributed by atoms with Crippen molar-refractivity contribution >= 4 is 22.8 Å². The zero-order chi connectivity index (χ0) is 21.6. The van der Waals surface area contributed by atoms with Crippen molar-refractivity contribution in [3.63, 3.8) is 0 Å². The van der Waals surface area contributed by atoms with Gasteiger partial charge in [-0.2, -0.15) is 0 Å². The Morgan fingerprint density at radius 3 is 2.37 bits per heavy atom. The molecule has 1 fully saturated rings. The lowest BCUT2D eigenvalue weighted by Gasteiger charge is -2.31. The predicted molar refractivity (Wildman–Crippen MR) is 107 cm³/mol. The molecule has 7 heteroatoms. The number of aromatic nitrogens is 1. The summed E-state index contributed by atoms with van der Waals surface area (Å²) in [5.41, 5.74) is 1.41. The molecule has 1 aromatic heterocycles. The molecule has 5 nitrogen and oxygen atoms in total. The molecule has 2 aromatic carbocycles. The van der Waals surface area contributed by atoms with Crippen molar-refractivity contribution in [2.45, 2.75) is 32.1 Å². The van der Waals surface area contributed by atoms with E-state index in [4.69, 9.17) is 4.74 Å². The molecule has 0 radical (unpaired) electrons. The number of hydrogen-bond acceptors (Lipinski definition) is 3. The smallest absolute Gasteiger partial charge is 0.311 e. The molecule has 0 aliphatic heterocycles. The number of ether oxygens (including phenoxy) is 1. The Labute approximate surface area is 171 Å². The summed E-state index contributed by atoms with van der Waals surface area (Å²) < 4.78 is 34.3. The molecule has 156 valence electrons. The number of hydrogen-bond donors (Lipinski definition) is 1. The second-order valence-electron chi connectivity index (χ2n) is 7.66. The van der Waals surface area contributed by atoms with Crippen LogP contribution in [0.5, 0.6) is 5.75 Å². The van der Waals surface area contributed by atoms with E-state index < -0.39 is 29.4 Å². The zero-order valence-corrected chi connectivity index (χ0v) is 16.6. The number of aliphatic carboxylic acids is 1. The first-order chi connectivity index (χ1) is 14.3. The van der Waals surface area contributed by atoms with Crippen molar-refractivity contribution in [2.24, 2.45) is 5.92 Å². The highest BCUT2D eigenvalue weighted by Crippen LogP contribution is 2.45. The van der Waals surface area contributed by atoms with E-state index in [1.54, 1.807) is 6.92 Å². The molecular formula is C23H21F2NO4. The molecule has 0 amide bonds. The molecule has 1 atom stereocenters. The largest absolute Gasteiger partial charge is 0.494 e. The number of carbonyl (C=O) groups is 2. The van der Waals surface area contributed by atoms with Gasteiger partial charge >= 0.3 is 5.97 Å². The average molecular weight is 413 g/mol. The van der Waals surface area contributed by atoms with Gasteiger partial charge in [0.2, 0.25) is 0 Å². The first-order valence-electron chi connectivity index (χ1n) is 9.75. The molecule has 1 saturated carbocycles. The van der Waals surface area contributed by atoms with Crippen molar-refractivity contribution in [3.8, 4) is 5.75 Å². The molecule has 1 unspecified atom stereocenters. The molecule has 0 spiro atoms. The Morgan fingerprint density at radius 1 is 1.17 bits per heavy atom. The lowest BCUT2D eigenvalue weighted by molar-refractivity contribution is -0.141. The minimum Gasteiger partial charge on any atom is -0.494 e. The summed E-state index contributed by atoms with van der Waals surface area (Å²) in [4.78, 5) is 25.5. The molecule has 3 aromatic rings. The van der Waals surface area contributed by atoms with Gasteiger partial charge in [-0.25, -0.2) is 8.78 Å². The topological polar surface area (TPSA) is 68.5 Å². The number of carboxylic acids is 1. The summed E-state index contributed by atoms with van der Waals surface area (Å²) >= 11 is 0. The summed E-state index contributed by atoms with van der Waals surface area (Å²) in [6.07, 6.45) is 2.53. The number of carboxylic acid groups (broad SMARTS) is 1. The third kappa shape index (κ3) is 3.14. The van der Waals surface area contributed by atoms with Gasteiger partial charge in [0.25, 0.3) is 5.91 Å². The van der Waals surface area contributed by atoms with Gasteiger partial charge in [0.15, 0.2) is 11.6 Å². The predicted octanol–water partition coefficient (Wildman–Crippen LogP) is 4.89. The van der Waals surface area contributed by atoms with E-state index in [0.29, 0.717) is 16.6 Å². The van der Waals surface area contributed by atoms with Crippen molar-refractivity contribution < 1.29 is 28.2 Å². The number of methoxy groups -OCH3 is 1. The van der Waals surface area contributed by atoms with E-state index in [0.717, 1.165) is 19.3 Å². The Hall–Kier alpha value is -3.22. The van der Waals surface area contributed by atoms with Crippen LogP contribution in [-0.2, 0) is 4.79 Å². The highest BCUT2D eigenvalue weighted by atomic mass is 19.1. The van der Waals surface area contributed by atoms with Crippen molar-refractivity contribution in [3.05, 3.63) is 64.9 Å². The monoisotopic (exact) mass is 413 g/mol. The Balaban J connectivity index is 1.99. The molecule has 0 saturated heterocycles. The minimum absolute atomic E-state index is 0.0205. The lowest BCUT2D eigenvalue weighted by Crippen LogP contribution is -2.27. The molecule has 4 rings (SSSR count). The molecule has 1 heterocycles. The van der Waals surface area contributed by atoms with Crippen LogP contribution >= 0.6 is 0 Å². The fourth-order valence-corrected chi connectivity index (χ4v) is 4.31. The van der Waals surface area contributed by atoms with Crippen LogP contribution in [0.2, 0.25) is 0 Å². The number of rotatable bonds is 5. The van der Waals surface area contributed by atoms with E-state index in [1.165, 1.54) is 48.1 Å². The highest BCUT2D eigenvalue weighted by Gasteiger charge is 2.38. The number of benzene rings is 2. The first-order valence-corrected chi connectivity index (χ1v) is 9.75. The van der Waals surface area contributed by atoms with Crippen molar-refractivity contribution in [1.82, 2.24) is 4.57 Å². The molecule has 0 bridgehead atoms. The fraction of sp³-hybridized carbons (Fsp3) is 0.304. The maximum Gasteiger partial charge on any atom is 0.311 e. The van der Waals surface area contributed by atoms with E-state index in [1.807, 2.05) is 0 Å². The SMILES string of the molecule is COc1cc2c(C(C(=O)O)C3CCC3)c(C)n(C(=O)c3ccc(F)cc3)c2cc1F. The Morgan fingerprint density at radius 2 is 1.83 bits per heavy atom. The first kappa shape index (κ1) is 20.1. The van der Waals surface area contributed by atoms with Crippen molar-refractivity contribution in [2.75, 3.05) is 7.11 Å². The van der Waals surface area contributed by atoms with Crippen LogP contribution in [-0.4, -0.2) is 28.7 Å². The van der Waals surface area contributed by atoms with Crippen LogP contribution < -0.4 is 4.74 Å². The summed E-state index contributed by atoms with van der Waals surface area (Å²) in [7, 11) is 1.33. The second kappa shape index (κ2) is 7.55. The molecule has 1 aliphatic carbocycles. The average Bonchev–Trinajstić information content (AvgIpc) is 2.94. The van der Waals surface area contributed by atoms with E-state index in [2.05, 4.69) is 0 Å². The number of fused-ring (bicyclic) bond motifs is 1. The van der Waals surface area contributed by atoms with E-state index in [-0.39, 0.29) is 22.7 Å². The second-order valence-corrected chi connectivity index (χ2v) is 7.66. The van der Waals surface area contributed by atoms with Crippen LogP contribution in [0.3, 0.4) is 0 Å². The summed E-state index contributed by atoms with van der Waals surface area (Å²) in [6.45, 7) is 1.66. The van der Waals surface area contributed by atoms with Gasteiger partial charge in [0, 0.05) is 22.7 Å². The van der Waals surface area contributed by atoms with Gasteiger partial charge in [-0.05, 0) is 61.6 Å². The number of halogens is 2. The maximum atomic E-state index is 14.5. The quantitative estimate of drug-likeness (QED) is 0.646. The summed E-state index contributed by atoms with van der Waals surface area (Å²) in [6, 6.07) is 7.69. The Bertz CT molecular complexity index is 1150. The van der Waals surface area contributed by atoms with E-state index >= 15 is 0 Å². The number of carbonyl (C=O) groups excluding carboxylic acids is 1. The lowest BCUT2D eigenvalue weighted by atomic mass is 9.72. The minimum atomic E-state index is -0.973. The van der Waals surface area contributed by atoms with Gasteiger partial charge < -0.3 is 9.84 Å². The zero-order valence-electron chi connectivity index (χ0n) is 16.6. The van der Waals surface area contributed by atoms with Crippen LogP contribution in [0.1, 0.15) is 46.8 Å². The fourth-order valence-electron chi connectivity index (χ4n) is 4.31. The van der Waals surface area contributed by atoms with Crippen LogP contribution in [0.4, 0.5) is 8.78 Å². The van der Waals surface area contributed by atoms with Gasteiger partial charge in [0.05, 0.1) is 18.5 Å². The van der Waals surface area contributed by atoms with Crippen LogP contribution in [0.25, 0.3) is 10.9 Å². The molecule has 1 aliphatic rings. The summed E-state index contributed by atoms with van der Waals surface area (Å²) in [5, 5.41) is 10.5. The van der Waals surface area contributed by atoms with E-state index in [9.17, 15) is 23.5 Å². The molecule has 30 heavy (non-hydrogen) atoms. The van der Waals surface area contributed by atoms with Gasteiger partial charge in [-0.1, -0.05) is 6.42 Å². The third-order valence-electron chi connectivity index (χ3n) is 6.02. The molecular weight excluding hydrogens is 392 g/mol. The van der Waals surface area contributed by atoms with Crippen LogP contribution in [0, 0.1) is 24.5 Å². The van der Waals surface area contributed by atoms with Gasteiger partial charge in [-0.15, -0.1) is 0 Å². The highest BCUT2D eigenvalue weighted by molar-refractivity contribution is 6.05. The van der Waals surface area contributed by atoms with Crippen molar-refractivity contribution in [1.29, 1.82) is 0 Å². The van der Waals surface area contributed by atoms with Gasteiger partial charge in [0.1, 0.15) is 5.82 Å². The van der Waals surface area contributed by atoms with Crippen LogP contribution in [0.15, 0.2) is 36.4 Å². The van der Waals surface area contributed by atoms with Gasteiger partial charge in [-0.3, -0.25) is 14.2 Å². The summed E-state index contributed by atoms with van der Waals surface area (Å²) in [5.74, 6) is -3.46. The standard InChI is InChI=1S/C23H21F2NO4/c1-12-20(21(23(28)29)13-4-3-5-13)16-10-19(30-2)17(25)11-18(16)26(12)22(27)14-6-8-15(24)9-7-14/h6-11,13,21H,3-5H2,1-2H3,(H,28,29). The Kier molecular flexibility index (Phi) is 5.05.